The molecule has 1 heterocycles. The second-order valence-electron chi connectivity index (χ2n) is 6.10. The third kappa shape index (κ3) is 4.25. The van der Waals surface area contributed by atoms with Crippen molar-refractivity contribution in [1.82, 2.24) is 9.47 Å². The van der Waals surface area contributed by atoms with E-state index in [-0.39, 0.29) is 19.0 Å². The number of anilines is 1. The monoisotopic (exact) mass is 383 g/mol. The molecule has 144 valence electrons. The number of amides is 2. The van der Waals surface area contributed by atoms with E-state index in [1.807, 2.05) is 35.2 Å². The summed E-state index contributed by atoms with van der Waals surface area (Å²) in [5, 5.41) is 2.20. The number of nitrogens with zero attached hydrogens (tertiary/aromatic N) is 2. The quantitative estimate of drug-likeness (QED) is 0.703. The van der Waals surface area contributed by atoms with Gasteiger partial charge in [-0.1, -0.05) is 12.1 Å². The van der Waals surface area contributed by atoms with Gasteiger partial charge in [-0.2, -0.15) is 0 Å². The van der Waals surface area contributed by atoms with Crippen molar-refractivity contribution in [3.05, 3.63) is 84.2 Å². The number of rotatable bonds is 6. The maximum atomic E-state index is 13.7. The van der Waals surface area contributed by atoms with Gasteiger partial charge in [-0.25, -0.2) is 8.78 Å². The molecule has 0 radical (unpaired) electrons. The summed E-state index contributed by atoms with van der Waals surface area (Å²) in [6, 6.07) is 14.1. The summed E-state index contributed by atoms with van der Waals surface area (Å²) in [6.45, 7) is 1.67. The molecular weight excluding hydrogens is 364 g/mol. The summed E-state index contributed by atoms with van der Waals surface area (Å²) >= 11 is 0. The Bertz CT molecular complexity index is 967. The Morgan fingerprint density at radius 3 is 2.29 bits per heavy atom. The Kier molecular flexibility index (Phi) is 5.84. The summed E-state index contributed by atoms with van der Waals surface area (Å²) in [6.07, 6.45) is 3.72. The van der Waals surface area contributed by atoms with Gasteiger partial charge in [0.2, 0.25) is 5.91 Å². The number of para-hydroxylation sites is 1. The van der Waals surface area contributed by atoms with Crippen molar-refractivity contribution in [1.29, 1.82) is 0 Å². The molecule has 28 heavy (non-hydrogen) atoms. The van der Waals surface area contributed by atoms with Crippen LogP contribution in [0.1, 0.15) is 17.3 Å². The Morgan fingerprint density at radius 1 is 1.00 bits per heavy atom. The first-order valence-corrected chi connectivity index (χ1v) is 8.76. The molecule has 5 nitrogen and oxygen atoms in total. The van der Waals surface area contributed by atoms with Gasteiger partial charge >= 0.3 is 0 Å². The first-order chi connectivity index (χ1) is 13.5. The van der Waals surface area contributed by atoms with E-state index in [9.17, 15) is 18.4 Å². The van der Waals surface area contributed by atoms with Crippen molar-refractivity contribution in [3.8, 4) is 5.69 Å². The van der Waals surface area contributed by atoms with Crippen molar-refractivity contribution in [3.63, 3.8) is 0 Å². The van der Waals surface area contributed by atoms with Gasteiger partial charge in [0, 0.05) is 30.2 Å². The molecule has 0 aliphatic rings. The lowest BCUT2D eigenvalue weighted by atomic mass is 10.1. The number of hydrogen-bond donors (Lipinski definition) is 1. The molecule has 0 fully saturated rings. The first kappa shape index (κ1) is 19.3. The molecular formula is C21H19F2N3O2. The fourth-order valence-electron chi connectivity index (χ4n) is 2.79. The zero-order valence-electron chi connectivity index (χ0n) is 15.2. The molecule has 2 amide bonds. The average molecular weight is 383 g/mol. The highest BCUT2D eigenvalue weighted by Crippen LogP contribution is 2.18. The highest BCUT2D eigenvalue weighted by molar-refractivity contribution is 5.99. The van der Waals surface area contributed by atoms with Crippen LogP contribution in [0.3, 0.4) is 0 Å². The lowest BCUT2D eigenvalue weighted by Gasteiger charge is -2.21. The van der Waals surface area contributed by atoms with E-state index >= 15 is 0 Å². The van der Waals surface area contributed by atoms with E-state index < -0.39 is 23.2 Å². The van der Waals surface area contributed by atoms with E-state index in [0.29, 0.717) is 5.56 Å². The molecule has 3 aromatic rings. The molecule has 0 saturated heterocycles. The molecule has 0 unspecified atom stereocenters. The van der Waals surface area contributed by atoms with Crippen LogP contribution in [0.5, 0.6) is 0 Å². The van der Waals surface area contributed by atoms with Gasteiger partial charge in [-0.3, -0.25) is 9.59 Å². The van der Waals surface area contributed by atoms with E-state index in [2.05, 4.69) is 5.32 Å². The van der Waals surface area contributed by atoms with Crippen molar-refractivity contribution in [2.45, 2.75) is 6.92 Å². The number of carbonyl (C=O) groups excluding carboxylic acids is 2. The fourth-order valence-corrected chi connectivity index (χ4v) is 2.79. The SMILES string of the molecule is CCN(CC(=O)Nc1c(F)cccc1F)C(=O)c1cccc(-n2cccc2)c1. The molecule has 3 rings (SSSR count). The summed E-state index contributed by atoms with van der Waals surface area (Å²) in [7, 11) is 0. The number of benzene rings is 2. The maximum absolute atomic E-state index is 13.7. The highest BCUT2D eigenvalue weighted by atomic mass is 19.1. The minimum Gasteiger partial charge on any atom is -0.330 e. The van der Waals surface area contributed by atoms with Crippen LogP contribution in [0, 0.1) is 11.6 Å². The maximum Gasteiger partial charge on any atom is 0.254 e. The third-order valence-corrected chi connectivity index (χ3v) is 4.23. The Balaban J connectivity index is 1.73. The van der Waals surface area contributed by atoms with Crippen molar-refractivity contribution in [2.24, 2.45) is 0 Å². The molecule has 0 spiro atoms. The molecule has 0 saturated carbocycles. The predicted molar refractivity (Wildman–Crippen MR) is 102 cm³/mol. The van der Waals surface area contributed by atoms with Crippen LogP contribution in [0.25, 0.3) is 5.69 Å². The van der Waals surface area contributed by atoms with Gasteiger partial charge in [0.25, 0.3) is 5.91 Å². The Labute approximate surface area is 161 Å². The third-order valence-electron chi connectivity index (χ3n) is 4.23. The van der Waals surface area contributed by atoms with E-state index in [1.165, 1.54) is 11.0 Å². The largest absolute Gasteiger partial charge is 0.330 e. The second-order valence-corrected chi connectivity index (χ2v) is 6.10. The van der Waals surface area contributed by atoms with E-state index in [0.717, 1.165) is 17.8 Å². The Hall–Kier alpha value is -3.48. The molecule has 0 bridgehead atoms. The summed E-state index contributed by atoms with van der Waals surface area (Å²) in [5.74, 6) is -2.77. The van der Waals surface area contributed by atoms with E-state index in [1.54, 1.807) is 25.1 Å². The molecule has 7 heteroatoms. The topological polar surface area (TPSA) is 54.3 Å². The van der Waals surface area contributed by atoms with Crippen LogP contribution in [-0.4, -0.2) is 34.4 Å². The van der Waals surface area contributed by atoms with Crippen LogP contribution in [0.2, 0.25) is 0 Å². The van der Waals surface area contributed by atoms with Gasteiger partial charge in [-0.15, -0.1) is 0 Å². The minimum atomic E-state index is -0.873. The number of carbonyl (C=O) groups is 2. The highest BCUT2D eigenvalue weighted by Gasteiger charge is 2.19. The Morgan fingerprint density at radius 2 is 1.64 bits per heavy atom. The molecule has 1 N–H and O–H groups in total. The van der Waals surface area contributed by atoms with Gasteiger partial charge < -0.3 is 14.8 Å². The smallest absolute Gasteiger partial charge is 0.254 e. The first-order valence-electron chi connectivity index (χ1n) is 8.76. The molecule has 1 aromatic heterocycles. The van der Waals surface area contributed by atoms with Gasteiger partial charge in [0.15, 0.2) is 0 Å². The van der Waals surface area contributed by atoms with Crippen LogP contribution in [0.15, 0.2) is 67.0 Å². The minimum absolute atomic E-state index is 0.264. The zero-order chi connectivity index (χ0) is 20.1. The normalized spacial score (nSPS) is 10.5. The van der Waals surface area contributed by atoms with Crippen molar-refractivity contribution >= 4 is 17.5 Å². The number of hydrogen-bond acceptors (Lipinski definition) is 2. The number of likely N-dealkylation sites (N-methyl/N-ethyl adjacent to an activating group) is 1. The molecule has 2 aromatic carbocycles. The molecule has 0 aliphatic heterocycles. The van der Waals surface area contributed by atoms with Crippen LogP contribution >= 0.6 is 0 Å². The number of halogens is 2. The lowest BCUT2D eigenvalue weighted by Crippen LogP contribution is -2.38. The summed E-state index contributed by atoms with van der Waals surface area (Å²) in [5.41, 5.74) is 0.702. The number of aromatic nitrogens is 1. The van der Waals surface area contributed by atoms with Gasteiger partial charge in [-0.05, 0) is 49.4 Å². The summed E-state index contributed by atoms with van der Waals surface area (Å²) < 4.78 is 29.3. The van der Waals surface area contributed by atoms with Gasteiger partial charge in [0.05, 0.1) is 0 Å². The van der Waals surface area contributed by atoms with Crippen LogP contribution < -0.4 is 5.32 Å². The van der Waals surface area contributed by atoms with Crippen LogP contribution in [0.4, 0.5) is 14.5 Å². The van der Waals surface area contributed by atoms with Crippen molar-refractivity contribution in [2.75, 3.05) is 18.4 Å². The summed E-state index contributed by atoms with van der Waals surface area (Å²) in [4.78, 5) is 26.3. The molecule has 0 atom stereocenters. The standard InChI is InChI=1S/C21H19F2N3O2/c1-2-25(14-19(27)24-20-17(22)9-6-10-18(20)23)21(28)15-7-5-8-16(13-15)26-11-3-4-12-26/h3-13H,2,14H2,1H3,(H,24,27). The second kappa shape index (κ2) is 8.47. The molecule has 0 aliphatic carbocycles. The van der Waals surface area contributed by atoms with Crippen molar-refractivity contribution < 1.29 is 18.4 Å². The zero-order valence-corrected chi connectivity index (χ0v) is 15.2. The fraction of sp³-hybridized carbons (Fsp3) is 0.143. The average Bonchev–Trinajstić information content (AvgIpc) is 3.23. The van der Waals surface area contributed by atoms with Gasteiger partial charge in [0.1, 0.15) is 23.9 Å². The number of nitrogens with one attached hydrogen (secondary N) is 1. The predicted octanol–water partition coefficient (Wildman–Crippen LogP) is 3.86. The van der Waals surface area contributed by atoms with E-state index in [4.69, 9.17) is 0 Å². The van der Waals surface area contributed by atoms with Crippen LogP contribution in [-0.2, 0) is 4.79 Å². The lowest BCUT2D eigenvalue weighted by molar-refractivity contribution is -0.116.